The molecule has 6 heteroatoms. The third kappa shape index (κ3) is 2.22. The number of aliphatic hydroxyl groups is 1. The highest BCUT2D eigenvalue weighted by molar-refractivity contribution is 8.13. The van der Waals surface area contributed by atoms with Crippen LogP contribution in [-0.4, -0.2) is 26.7 Å². The van der Waals surface area contributed by atoms with Crippen LogP contribution in [0.5, 0.6) is 0 Å². The van der Waals surface area contributed by atoms with Crippen LogP contribution in [-0.2, 0) is 19.4 Å². The average molecular weight is 263 g/mol. The van der Waals surface area contributed by atoms with Crippen LogP contribution in [0.3, 0.4) is 0 Å². The summed E-state index contributed by atoms with van der Waals surface area (Å²) >= 11 is 0. The minimum atomic E-state index is -3.70. The lowest BCUT2D eigenvalue weighted by atomic mass is 9.93. The summed E-state index contributed by atoms with van der Waals surface area (Å²) in [6.45, 7) is 0.742. The maximum Gasteiger partial charge on any atom is 0.261 e. The van der Waals surface area contributed by atoms with Crippen molar-refractivity contribution in [2.75, 3.05) is 13.2 Å². The van der Waals surface area contributed by atoms with E-state index in [-0.39, 0.29) is 11.5 Å². The first-order chi connectivity index (χ1) is 7.42. The molecular formula is C10H11ClO4S. The van der Waals surface area contributed by atoms with Gasteiger partial charge in [0.05, 0.1) is 11.5 Å². The second-order valence-corrected chi connectivity index (χ2v) is 6.36. The van der Waals surface area contributed by atoms with Crippen LogP contribution in [0.15, 0.2) is 29.2 Å². The zero-order chi connectivity index (χ0) is 11.8. The van der Waals surface area contributed by atoms with Gasteiger partial charge in [-0.25, -0.2) is 8.42 Å². The number of hydrogen-bond acceptors (Lipinski definition) is 4. The minimum absolute atomic E-state index is 0.0282. The van der Waals surface area contributed by atoms with Gasteiger partial charge in [0.15, 0.2) is 0 Å². The fourth-order valence-electron chi connectivity index (χ4n) is 1.71. The summed E-state index contributed by atoms with van der Waals surface area (Å²) in [5, 5.41) is 10.1. The lowest BCUT2D eigenvalue weighted by Crippen LogP contribution is -2.25. The zero-order valence-corrected chi connectivity index (χ0v) is 9.96. The van der Waals surface area contributed by atoms with Crippen LogP contribution >= 0.6 is 10.7 Å². The Morgan fingerprint density at radius 2 is 1.94 bits per heavy atom. The van der Waals surface area contributed by atoms with Crippen molar-refractivity contribution < 1.29 is 18.3 Å². The van der Waals surface area contributed by atoms with Crippen LogP contribution in [0, 0.1) is 0 Å². The zero-order valence-electron chi connectivity index (χ0n) is 8.39. The number of rotatable bonds is 2. The van der Waals surface area contributed by atoms with E-state index in [2.05, 4.69) is 0 Å². The van der Waals surface area contributed by atoms with E-state index in [1.54, 1.807) is 12.1 Å². The molecule has 1 aromatic rings. The molecule has 0 spiro atoms. The quantitative estimate of drug-likeness (QED) is 0.814. The Balaban J connectivity index is 2.33. The monoisotopic (exact) mass is 262 g/mol. The van der Waals surface area contributed by atoms with Gasteiger partial charge in [0, 0.05) is 23.7 Å². The molecule has 0 bridgehead atoms. The van der Waals surface area contributed by atoms with E-state index in [4.69, 9.17) is 15.4 Å². The second kappa shape index (κ2) is 4.00. The van der Waals surface area contributed by atoms with Gasteiger partial charge in [0.25, 0.3) is 9.05 Å². The Bertz CT molecular complexity index is 474. The molecule has 1 atom stereocenters. The van der Waals surface area contributed by atoms with Crippen LogP contribution in [0.25, 0.3) is 0 Å². The van der Waals surface area contributed by atoms with Gasteiger partial charge in [-0.1, -0.05) is 12.1 Å². The van der Waals surface area contributed by atoms with Gasteiger partial charge in [0.2, 0.25) is 0 Å². The summed E-state index contributed by atoms with van der Waals surface area (Å²) < 4.78 is 27.2. The van der Waals surface area contributed by atoms with Crippen molar-refractivity contribution in [3.8, 4) is 0 Å². The van der Waals surface area contributed by atoms with Crippen molar-refractivity contribution in [3.63, 3.8) is 0 Å². The van der Waals surface area contributed by atoms with Crippen LogP contribution in [0.4, 0.5) is 0 Å². The highest BCUT2D eigenvalue weighted by atomic mass is 35.7. The van der Waals surface area contributed by atoms with E-state index in [0.717, 1.165) is 0 Å². The molecule has 0 radical (unpaired) electrons. The van der Waals surface area contributed by atoms with E-state index in [0.29, 0.717) is 18.6 Å². The number of ether oxygens (including phenoxy) is 1. The predicted octanol–water partition coefficient (Wildman–Crippen LogP) is 1.22. The number of benzene rings is 1. The normalized spacial score (nSPS) is 25.9. The first kappa shape index (κ1) is 11.9. The Hall–Kier alpha value is -0.620. The maximum absolute atomic E-state index is 11.0. The fourth-order valence-corrected chi connectivity index (χ4v) is 2.48. The van der Waals surface area contributed by atoms with Gasteiger partial charge in [-0.15, -0.1) is 0 Å². The molecule has 0 amide bonds. The third-order valence-corrected chi connectivity index (χ3v) is 4.04. The van der Waals surface area contributed by atoms with Gasteiger partial charge < -0.3 is 9.84 Å². The maximum atomic E-state index is 11.0. The molecule has 88 valence electrons. The van der Waals surface area contributed by atoms with Crippen molar-refractivity contribution in [1.29, 1.82) is 0 Å². The van der Waals surface area contributed by atoms with Gasteiger partial charge >= 0.3 is 0 Å². The molecule has 0 saturated carbocycles. The van der Waals surface area contributed by atoms with Crippen LogP contribution in [0.1, 0.15) is 12.0 Å². The van der Waals surface area contributed by atoms with Gasteiger partial charge in [-0.2, -0.15) is 0 Å². The largest absolute Gasteiger partial charge is 0.383 e. The lowest BCUT2D eigenvalue weighted by Gasteiger charge is -2.20. The Kier molecular flexibility index (Phi) is 2.96. The topological polar surface area (TPSA) is 63.6 Å². The molecule has 2 rings (SSSR count). The predicted molar refractivity (Wildman–Crippen MR) is 58.8 cm³/mol. The smallest absolute Gasteiger partial charge is 0.261 e. The van der Waals surface area contributed by atoms with Gasteiger partial charge in [0.1, 0.15) is 5.60 Å². The lowest BCUT2D eigenvalue weighted by molar-refractivity contribution is 0.0231. The molecule has 0 aliphatic carbocycles. The molecule has 1 aromatic carbocycles. The fraction of sp³-hybridized carbons (Fsp3) is 0.400. The van der Waals surface area contributed by atoms with Crippen molar-refractivity contribution in [2.45, 2.75) is 16.9 Å². The number of hydrogen-bond donors (Lipinski definition) is 1. The Labute approximate surface area is 98.2 Å². The van der Waals surface area contributed by atoms with E-state index in [1.165, 1.54) is 12.1 Å². The Morgan fingerprint density at radius 1 is 1.31 bits per heavy atom. The van der Waals surface area contributed by atoms with Crippen LogP contribution in [0.2, 0.25) is 0 Å². The van der Waals surface area contributed by atoms with Gasteiger partial charge in [-0.3, -0.25) is 0 Å². The Morgan fingerprint density at radius 3 is 2.38 bits per heavy atom. The summed E-state index contributed by atoms with van der Waals surface area (Å²) in [4.78, 5) is 0.0282. The summed E-state index contributed by atoms with van der Waals surface area (Å²) in [7, 11) is 1.49. The molecule has 1 fully saturated rings. The summed E-state index contributed by atoms with van der Waals surface area (Å²) in [5.74, 6) is 0. The van der Waals surface area contributed by atoms with Crippen molar-refractivity contribution in [1.82, 2.24) is 0 Å². The molecule has 4 nitrogen and oxygen atoms in total. The summed E-state index contributed by atoms with van der Waals surface area (Å²) in [6, 6.07) is 5.88. The summed E-state index contributed by atoms with van der Waals surface area (Å²) in [5.41, 5.74) is -0.358. The minimum Gasteiger partial charge on any atom is -0.383 e. The molecule has 1 aliphatic heterocycles. The molecule has 1 N–H and O–H groups in total. The molecule has 1 aliphatic rings. The summed E-state index contributed by atoms with van der Waals surface area (Å²) in [6.07, 6.45) is 0.514. The van der Waals surface area contributed by atoms with E-state index in [1.807, 2.05) is 0 Å². The first-order valence-corrected chi connectivity index (χ1v) is 7.08. The molecule has 1 saturated heterocycles. The van der Waals surface area contributed by atoms with E-state index < -0.39 is 14.7 Å². The standard InChI is InChI=1S/C10H11ClO4S/c11-16(13,14)9-3-1-8(2-4-9)10(12)5-6-15-7-10/h1-4,12H,5-7H2. The molecule has 16 heavy (non-hydrogen) atoms. The van der Waals surface area contributed by atoms with Crippen molar-refractivity contribution in [3.05, 3.63) is 29.8 Å². The highest BCUT2D eigenvalue weighted by Crippen LogP contribution is 2.31. The van der Waals surface area contributed by atoms with E-state index >= 15 is 0 Å². The molecular weight excluding hydrogens is 252 g/mol. The first-order valence-electron chi connectivity index (χ1n) is 4.77. The van der Waals surface area contributed by atoms with E-state index in [9.17, 15) is 13.5 Å². The highest BCUT2D eigenvalue weighted by Gasteiger charge is 2.34. The second-order valence-electron chi connectivity index (χ2n) is 3.80. The molecule has 1 unspecified atom stereocenters. The van der Waals surface area contributed by atoms with Crippen molar-refractivity contribution in [2.24, 2.45) is 0 Å². The SMILES string of the molecule is O=S(=O)(Cl)c1ccc(C2(O)CCOC2)cc1. The van der Waals surface area contributed by atoms with Gasteiger partial charge in [-0.05, 0) is 17.7 Å². The number of halogens is 1. The van der Waals surface area contributed by atoms with Crippen LogP contribution < -0.4 is 0 Å². The van der Waals surface area contributed by atoms with Crippen molar-refractivity contribution >= 4 is 19.7 Å². The third-order valence-electron chi connectivity index (χ3n) is 2.67. The average Bonchev–Trinajstić information content (AvgIpc) is 2.66. The molecule has 0 aromatic heterocycles. The molecule has 1 heterocycles.